The fourth-order valence-electron chi connectivity index (χ4n) is 4.65. The van der Waals surface area contributed by atoms with Crippen molar-refractivity contribution >= 4 is 16.6 Å². The van der Waals surface area contributed by atoms with Gasteiger partial charge in [-0.05, 0) is 49.6 Å². The molecular weight excluding hydrogens is 334 g/mol. The maximum absolute atomic E-state index is 5.58. The lowest BCUT2D eigenvalue weighted by Gasteiger charge is -2.35. The SMILES string of the molecule is CC1COCCN1c1ccc([C@H]2N[C@@H](C)Cc3c2[nH]c2ccccc32)cc1. The first-order valence-corrected chi connectivity index (χ1v) is 10.0. The number of ether oxygens (including phenoxy) is 1. The summed E-state index contributed by atoms with van der Waals surface area (Å²) in [6.07, 6.45) is 1.07. The van der Waals surface area contributed by atoms with Gasteiger partial charge < -0.3 is 19.9 Å². The minimum absolute atomic E-state index is 0.215. The van der Waals surface area contributed by atoms with E-state index in [0.29, 0.717) is 12.1 Å². The van der Waals surface area contributed by atoms with Gasteiger partial charge in [-0.3, -0.25) is 0 Å². The van der Waals surface area contributed by atoms with Crippen molar-refractivity contribution in [1.29, 1.82) is 0 Å². The minimum Gasteiger partial charge on any atom is -0.377 e. The summed E-state index contributed by atoms with van der Waals surface area (Å²) in [7, 11) is 0. The van der Waals surface area contributed by atoms with Crippen LogP contribution in [0.25, 0.3) is 10.9 Å². The predicted molar refractivity (Wildman–Crippen MR) is 111 cm³/mol. The number of nitrogens with one attached hydrogen (secondary N) is 2. The lowest BCUT2D eigenvalue weighted by molar-refractivity contribution is 0.0989. The highest BCUT2D eigenvalue weighted by atomic mass is 16.5. The van der Waals surface area contributed by atoms with E-state index in [1.165, 1.54) is 33.4 Å². The molecule has 27 heavy (non-hydrogen) atoms. The Labute approximate surface area is 160 Å². The molecule has 3 aromatic rings. The number of morpholine rings is 1. The van der Waals surface area contributed by atoms with Crippen molar-refractivity contribution in [2.75, 3.05) is 24.7 Å². The van der Waals surface area contributed by atoms with Crippen LogP contribution in [0.1, 0.15) is 36.7 Å². The highest BCUT2D eigenvalue weighted by Gasteiger charge is 2.28. The number of para-hydroxylation sites is 1. The van der Waals surface area contributed by atoms with E-state index in [9.17, 15) is 0 Å². The van der Waals surface area contributed by atoms with E-state index in [4.69, 9.17) is 4.74 Å². The van der Waals surface area contributed by atoms with Gasteiger partial charge in [0, 0.05) is 40.9 Å². The Balaban J connectivity index is 1.50. The molecule has 0 bridgehead atoms. The molecule has 4 nitrogen and oxygen atoms in total. The van der Waals surface area contributed by atoms with E-state index in [1.807, 2.05) is 0 Å². The van der Waals surface area contributed by atoms with Crippen LogP contribution in [0.3, 0.4) is 0 Å². The van der Waals surface area contributed by atoms with Gasteiger partial charge in [0.1, 0.15) is 0 Å². The van der Waals surface area contributed by atoms with Crippen LogP contribution in [-0.2, 0) is 11.2 Å². The third kappa shape index (κ3) is 2.93. The minimum atomic E-state index is 0.215. The Morgan fingerprint density at radius 2 is 1.85 bits per heavy atom. The summed E-state index contributed by atoms with van der Waals surface area (Å²) >= 11 is 0. The molecule has 0 saturated carbocycles. The number of benzene rings is 2. The van der Waals surface area contributed by atoms with Crippen LogP contribution in [0.5, 0.6) is 0 Å². The highest BCUT2D eigenvalue weighted by Crippen LogP contribution is 2.35. The van der Waals surface area contributed by atoms with Crippen LogP contribution in [0.2, 0.25) is 0 Å². The normalized spacial score (nSPS) is 25.6. The first-order chi connectivity index (χ1) is 13.2. The van der Waals surface area contributed by atoms with Gasteiger partial charge in [0.15, 0.2) is 0 Å². The second-order valence-corrected chi connectivity index (χ2v) is 7.98. The molecule has 140 valence electrons. The summed E-state index contributed by atoms with van der Waals surface area (Å²) < 4.78 is 5.58. The molecule has 0 amide bonds. The second-order valence-electron chi connectivity index (χ2n) is 7.98. The zero-order chi connectivity index (χ0) is 18.4. The predicted octanol–water partition coefficient (Wildman–Crippen LogP) is 4.02. The lowest BCUT2D eigenvalue weighted by atomic mass is 9.91. The largest absolute Gasteiger partial charge is 0.377 e. The first kappa shape index (κ1) is 16.8. The molecule has 2 aromatic carbocycles. The Hall–Kier alpha value is -2.30. The Morgan fingerprint density at radius 1 is 1.04 bits per heavy atom. The Kier molecular flexibility index (Phi) is 4.18. The molecule has 0 radical (unpaired) electrons. The molecule has 2 N–H and O–H groups in total. The molecule has 1 saturated heterocycles. The number of aromatic nitrogens is 1. The smallest absolute Gasteiger partial charge is 0.0734 e. The fourth-order valence-corrected chi connectivity index (χ4v) is 4.65. The summed E-state index contributed by atoms with van der Waals surface area (Å²) in [4.78, 5) is 6.12. The van der Waals surface area contributed by atoms with Crippen LogP contribution in [0.4, 0.5) is 5.69 Å². The average Bonchev–Trinajstić information content (AvgIpc) is 3.07. The van der Waals surface area contributed by atoms with E-state index in [-0.39, 0.29) is 6.04 Å². The van der Waals surface area contributed by atoms with E-state index in [2.05, 4.69) is 77.6 Å². The van der Waals surface area contributed by atoms with E-state index in [0.717, 1.165) is 26.2 Å². The molecule has 1 fully saturated rings. The van der Waals surface area contributed by atoms with Gasteiger partial charge in [-0.25, -0.2) is 0 Å². The number of rotatable bonds is 2. The van der Waals surface area contributed by atoms with Gasteiger partial charge in [-0.1, -0.05) is 30.3 Å². The van der Waals surface area contributed by atoms with Crippen molar-refractivity contribution in [3.63, 3.8) is 0 Å². The van der Waals surface area contributed by atoms with Gasteiger partial charge in [-0.2, -0.15) is 0 Å². The Bertz CT molecular complexity index is 946. The van der Waals surface area contributed by atoms with Gasteiger partial charge in [-0.15, -0.1) is 0 Å². The number of H-pyrrole nitrogens is 1. The summed E-state index contributed by atoms with van der Waals surface area (Å²) in [6.45, 7) is 7.09. The van der Waals surface area contributed by atoms with Crippen molar-refractivity contribution in [1.82, 2.24) is 10.3 Å². The number of anilines is 1. The van der Waals surface area contributed by atoms with E-state index >= 15 is 0 Å². The standard InChI is InChI=1S/C23H27N3O/c1-15-13-20-19-5-3-4-6-21(19)25-23(20)22(24-15)17-7-9-18(10-8-17)26-11-12-27-14-16(26)2/h3-10,15-16,22,24-25H,11-14H2,1-2H3/t15-,16?,22+/m0/s1. The molecule has 0 spiro atoms. The third-order valence-corrected chi connectivity index (χ3v) is 6.02. The maximum Gasteiger partial charge on any atom is 0.0734 e. The van der Waals surface area contributed by atoms with Gasteiger partial charge in [0.25, 0.3) is 0 Å². The molecular formula is C23H27N3O. The molecule has 0 aliphatic carbocycles. The fraction of sp³-hybridized carbons (Fsp3) is 0.391. The number of hydrogen-bond donors (Lipinski definition) is 2. The monoisotopic (exact) mass is 361 g/mol. The Morgan fingerprint density at radius 3 is 2.67 bits per heavy atom. The number of aromatic amines is 1. The van der Waals surface area contributed by atoms with Gasteiger partial charge in [0.05, 0.1) is 19.3 Å². The van der Waals surface area contributed by atoms with Crippen molar-refractivity contribution in [3.05, 3.63) is 65.4 Å². The second kappa shape index (κ2) is 6.70. The molecule has 5 rings (SSSR count). The molecule has 3 heterocycles. The topological polar surface area (TPSA) is 40.3 Å². The third-order valence-electron chi connectivity index (χ3n) is 6.02. The van der Waals surface area contributed by atoms with E-state index < -0.39 is 0 Å². The molecule has 2 aliphatic rings. The highest BCUT2D eigenvalue weighted by molar-refractivity contribution is 5.85. The van der Waals surface area contributed by atoms with Crippen LogP contribution in [-0.4, -0.2) is 36.8 Å². The molecule has 1 unspecified atom stereocenters. The summed E-state index contributed by atoms with van der Waals surface area (Å²) in [6, 6.07) is 18.9. The van der Waals surface area contributed by atoms with Crippen molar-refractivity contribution in [2.24, 2.45) is 0 Å². The van der Waals surface area contributed by atoms with E-state index in [1.54, 1.807) is 0 Å². The van der Waals surface area contributed by atoms with Crippen LogP contribution < -0.4 is 10.2 Å². The summed E-state index contributed by atoms with van der Waals surface area (Å²) in [5.41, 5.74) is 6.63. The number of nitrogens with zero attached hydrogens (tertiary/aromatic N) is 1. The maximum atomic E-state index is 5.58. The zero-order valence-electron chi connectivity index (χ0n) is 16.0. The quantitative estimate of drug-likeness (QED) is 0.724. The van der Waals surface area contributed by atoms with Crippen molar-refractivity contribution in [3.8, 4) is 0 Å². The van der Waals surface area contributed by atoms with Crippen molar-refractivity contribution in [2.45, 2.75) is 38.4 Å². The van der Waals surface area contributed by atoms with Gasteiger partial charge >= 0.3 is 0 Å². The lowest BCUT2D eigenvalue weighted by Crippen LogP contribution is -2.43. The van der Waals surface area contributed by atoms with Crippen LogP contribution in [0, 0.1) is 0 Å². The molecule has 3 atom stereocenters. The van der Waals surface area contributed by atoms with Crippen molar-refractivity contribution < 1.29 is 4.74 Å². The van der Waals surface area contributed by atoms with Crippen LogP contribution >= 0.6 is 0 Å². The molecule has 2 aliphatic heterocycles. The summed E-state index contributed by atoms with van der Waals surface area (Å²) in [5, 5.41) is 5.16. The molecule has 4 heteroatoms. The number of fused-ring (bicyclic) bond motifs is 3. The van der Waals surface area contributed by atoms with Gasteiger partial charge in [0.2, 0.25) is 0 Å². The summed E-state index contributed by atoms with van der Waals surface area (Å²) in [5.74, 6) is 0. The molecule has 1 aromatic heterocycles. The zero-order valence-corrected chi connectivity index (χ0v) is 16.0. The average molecular weight is 361 g/mol. The number of hydrogen-bond acceptors (Lipinski definition) is 3. The first-order valence-electron chi connectivity index (χ1n) is 10.0. The van der Waals surface area contributed by atoms with Crippen LogP contribution in [0.15, 0.2) is 48.5 Å².